The highest BCUT2D eigenvalue weighted by Gasteiger charge is 2.19. The fraction of sp³-hybridized carbons (Fsp3) is 0.462. The van der Waals surface area contributed by atoms with Crippen LogP contribution < -0.4 is 5.73 Å². The van der Waals surface area contributed by atoms with Crippen molar-refractivity contribution in [1.29, 1.82) is 0 Å². The molecule has 0 fully saturated rings. The molecule has 0 unspecified atom stereocenters. The van der Waals surface area contributed by atoms with Crippen LogP contribution in [0, 0.1) is 5.92 Å². The fourth-order valence-corrected chi connectivity index (χ4v) is 1.83. The Hall–Kier alpha value is -1.35. The predicted molar refractivity (Wildman–Crippen MR) is 62.6 cm³/mol. The molecule has 0 amide bonds. The summed E-state index contributed by atoms with van der Waals surface area (Å²) in [5.41, 5.74) is 5.35. The normalized spacial score (nSPS) is 14.2. The minimum atomic E-state index is -0.151. The first kappa shape index (κ1) is 12.7. The second kappa shape index (κ2) is 6.28. The highest BCUT2D eigenvalue weighted by molar-refractivity contribution is 5.71. The molecule has 0 bridgehead atoms. The number of hydrogen-bond acceptors (Lipinski definition) is 2. The molecular formula is C13H20NO2+. The number of benzene rings is 1. The molecule has 0 saturated carbocycles. The molecule has 1 aromatic rings. The van der Waals surface area contributed by atoms with Gasteiger partial charge in [0.25, 0.3) is 0 Å². The van der Waals surface area contributed by atoms with E-state index < -0.39 is 0 Å². The van der Waals surface area contributed by atoms with Crippen molar-refractivity contribution >= 4 is 5.97 Å². The summed E-state index contributed by atoms with van der Waals surface area (Å²) in [7, 11) is 1.42. The lowest BCUT2D eigenvalue weighted by atomic mass is 9.97. The van der Waals surface area contributed by atoms with Crippen LogP contribution >= 0.6 is 0 Å². The molecule has 0 spiro atoms. The molecule has 16 heavy (non-hydrogen) atoms. The summed E-state index contributed by atoms with van der Waals surface area (Å²) in [5.74, 6) is -0.224. The first-order valence-corrected chi connectivity index (χ1v) is 5.58. The van der Waals surface area contributed by atoms with E-state index in [2.05, 4.69) is 17.9 Å². The summed E-state index contributed by atoms with van der Waals surface area (Å²) in [6.07, 6.45) is 1.67. The number of carbonyl (C=O) groups excluding carboxylic acids is 1. The van der Waals surface area contributed by atoms with Crippen molar-refractivity contribution in [2.24, 2.45) is 5.92 Å². The SMILES string of the molecule is COC(=O)[C@@H](C)C[C@@H]([NH3+])Cc1ccccc1. The Balaban J connectivity index is 2.42. The molecule has 2 atom stereocenters. The quantitative estimate of drug-likeness (QED) is 0.757. The molecule has 0 aliphatic rings. The Morgan fingerprint density at radius 1 is 1.38 bits per heavy atom. The van der Waals surface area contributed by atoms with E-state index in [4.69, 9.17) is 4.74 Å². The second-order valence-electron chi connectivity index (χ2n) is 4.22. The van der Waals surface area contributed by atoms with Crippen LogP contribution in [0.4, 0.5) is 0 Å². The molecule has 0 aliphatic heterocycles. The molecule has 0 saturated heterocycles. The number of rotatable bonds is 5. The van der Waals surface area contributed by atoms with Gasteiger partial charge in [-0.2, -0.15) is 0 Å². The van der Waals surface area contributed by atoms with Gasteiger partial charge in [-0.25, -0.2) is 0 Å². The zero-order chi connectivity index (χ0) is 12.0. The molecule has 0 aliphatic carbocycles. The van der Waals surface area contributed by atoms with Crippen LogP contribution in [-0.2, 0) is 16.0 Å². The van der Waals surface area contributed by atoms with E-state index in [1.165, 1.54) is 12.7 Å². The van der Waals surface area contributed by atoms with Crippen LogP contribution in [0.3, 0.4) is 0 Å². The van der Waals surface area contributed by atoms with Gasteiger partial charge in [-0.05, 0) is 5.56 Å². The first-order valence-electron chi connectivity index (χ1n) is 5.58. The van der Waals surface area contributed by atoms with Crippen molar-refractivity contribution < 1.29 is 15.3 Å². The van der Waals surface area contributed by atoms with Gasteiger partial charge >= 0.3 is 5.97 Å². The summed E-state index contributed by atoms with van der Waals surface area (Å²) < 4.78 is 4.70. The van der Waals surface area contributed by atoms with Crippen molar-refractivity contribution in [2.75, 3.05) is 7.11 Å². The summed E-state index contributed by atoms with van der Waals surface area (Å²) in [6.45, 7) is 1.88. The molecule has 3 heteroatoms. The van der Waals surface area contributed by atoms with Gasteiger partial charge < -0.3 is 10.5 Å². The highest BCUT2D eigenvalue weighted by atomic mass is 16.5. The van der Waals surface area contributed by atoms with Crippen molar-refractivity contribution in [3.8, 4) is 0 Å². The maximum atomic E-state index is 11.2. The number of methoxy groups -OCH3 is 1. The van der Waals surface area contributed by atoms with E-state index in [1.807, 2.05) is 25.1 Å². The van der Waals surface area contributed by atoms with Gasteiger partial charge in [-0.3, -0.25) is 4.79 Å². The number of esters is 1. The van der Waals surface area contributed by atoms with E-state index in [0.717, 1.165) is 12.8 Å². The molecule has 0 aromatic heterocycles. The third kappa shape index (κ3) is 4.03. The Morgan fingerprint density at radius 3 is 2.56 bits per heavy atom. The Kier molecular flexibility index (Phi) is 4.99. The first-order chi connectivity index (χ1) is 7.63. The van der Waals surface area contributed by atoms with Crippen molar-refractivity contribution in [3.05, 3.63) is 35.9 Å². The summed E-state index contributed by atoms with van der Waals surface area (Å²) in [6, 6.07) is 10.5. The monoisotopic (exact) mass is 222 g/mol. The van der Waals surface area contributed by atoms with Crippen molar-refractivity contribution in [1.82, 2.24) is 0 Å². The van der Waals surface area contributed by atoms with Gasteiger partial charge in [0.2, 0.25) is 0 Å². The fourth-order valence-electron chi connectivity index (χ4n) is 1.83. The Bertz CT molecular complexity index is 324. The standard InChI is InChI=1S/C13H19NO2/c1-10(13(15)16-2)8-12(14)9-11-6-4-3-5-7-11/h3-7,10,12H,8-9,14H2,1-2H3/p+1/t10-,12+/m0/s1. The number of quaternary nitrogens is 1. The molecule has 3 N–H and O–H groups in total. The van der Waals surface area contributed by atoms with Crippen LogP contribution in [0.5, 0.6) is 0 Å². The maximum absolute atomic E-state index is 11.2. The largest absolute Gasteiger partial charge is 0.469 e. The molecule has 1 aromatic carbocycles. The molecular weight excluding hydrogens is 202 g/mol. The average molecular weight is 222 g/mol. The summed E-state index contributed by atoms with van der Waals surface area (Å²) in [5, 5.41) is 0. The lowest BCUT2D eigenvalue weighted by Crippen LogP contribution is -2.62. The second-order valence-corrected chi connectivity index (χ2v) is 4.22. The van der Waals surface area contributed by atoms with E-state index in [1.54, 1.807) is 0 Å². The van der Waals surface area contributed by atoms with Crippen LogP contribution in [0.1, 0.15) is 18.9 Å². The number of ether oxygens (including phenoxy) is 1. The minimum Gasteiger partial charge on any atom is -0.469 e. The van der Waals surface area contributed by atoms with Gasteiger partial charge in [0.05, 0.1) is 19.1 Å². The third-order valence-corrected chi connectivity index (χ3v) is 2.66. The number of hydrogen-bond donors (Lipinski definition) is 1. The number of carbonyl (C=O) groups is 1. The van der Waals surface area contributed by atoms with Crippen LogP contribution in [0.25, 0.3) is 0 Å². The molecule has 0 radical (unpaired) electrons. The van der Waals surface area contributed by atoms with Crippen LogP contribution in [-0.4, -0.2) is 19.1 Å². The lowest BCUT2D eigenvalue weighted by Gasteiger charge is -2.13. The van der Waals surface area contributed by atoms with E-state index in [0.29, 0.717) is 0 Å². The van der Waals surface area contributed by atoms with E-state index >= 15 is 0 Å². The predicted octanol–water partition coefficient (Wildman–Crippen LogP) is 1.04. The Morgan fingerprint density at radius 2 is 2.00 bits per heavy atom. The zero-order valence-electron chi connectivity index (χ0n) is 9.98. The van der Waals surface area contributed by atoms with Gasteiger partial charge in [0.1, 0.15) is 0 Å². The lowest BCUT2D eigenvalue weighted by molar-refractivity contribution is -0.422. The van der Waals surface area contributed by atoms with E-state index in [9.17, 15) is 4.79 Å². The van der Waals surface area contributed by atoms with Crippen molar-refractivity contribution in [2.45, 2.75) is 25.8 Å². The molecule has 3 nitrogen and oxygen atoms in total. The molecule has 0 heterocycles. The Labute approximate surface area is 96.6 Å². The maximum Gasteiger partial charge on any atom is 0.308 e. The average Bonchev–Trinajstić information content (AvgIpc) is 2.29. The minimum absolute atomic E-state index is 0.0730. The molecule has 1 rings (SSSR count). The van der Waals surface area contributed by atoms with Gasteiger partial charge in [-0.1, -0.05) is 37.3 Å². The highest BCUT2D eigenvalue weighted by Crippen LogP contribution is 2.10. The van der Waals surface area contributed by atoms with Gasteiger partial charge in [-0.15, -0.1) is 0 Å². The van der Waals surface area contributed by atoms with Gasteiger partial charge in [0.15, 0.2) is 0 Å². The third-order valence-electron chi connectivity index (χ3n) is 2.66. The topological polar surface area (TPSA) is 53.9 Å². The smallest absolute Gasteiger partial charge is 0.308 e. The van der Waals surface area contributed by atoms with Gasteiger partial charge in [0, 0.05) is 12.8 Å². The zero-order valence-corrected chi connectivity index (χ0v) is 9.98. The summed E-state index contributed by atoms with van der Waals surface area (Å²) >= 11 is 0. The van der Waals surface area contributed by atoms with Crippen molar-refractivity contribution in [3.63, 3.8) is 0 Å². The summed E-state index contributed by atoms with van der Waals surface area (Å²) in [4.78, 5) is 11.2. The molecule has 88 valence electrons. The van der Waals surface area contributed by atoms with Crippen LogP contribution in [0.15, 0.2) is 30.3 Å². The van der Waals surface area contributed by atoms with E-state index in [-0.39, 0.29) is 17.9 Å². The van der Waals surface area contributed by atoms with Crippen LogP contribution in [0.2, 0.25) is 0 Å².